The molecule has 4 nitrogen and oxygen atoms in total. The second kappa shape index (κ2) is 9.44. The van der Waals surface area contributed by atoms with Crippen LogP contribution in [0, 0.1) is 0 Å². The highest BCUT2D eigenvalue weighted by Gasteiger charge is 2.31. The van der Waals surface area contributed by atoms with E-state index < -0.39 is 17.6 Å². The molecule has 0 fully saturated rings. The van der Waals surface area contributed by atoms with Gasteiger partial charge in [-0.25, -0.2) is 0 Å². The van der Waals surface area contributed by atoms with Gasteiger partial charge < -0.3 is 14.8 Å². The molecule has 0 saturated heterocycles. The molecule has 0 aliphatic heterocycles. The Morgan fingerprint density at radius 1 is 0.912 bits per heavy atom. The van der Waals surface area contributed by atoms with Gasteiger partial charge in [0.05, 0.1) is 34.0 Å². The third-order valence-electron chi connectivity index (χ3n) is 5.00. The monoisotopic (exact) mass is 505 g/mol. The van der Waals surface area contributed by atoms with Gasteiger partial charge in [-0.15, -0.1) is 0 Å². The molecule has 0 spiro atoms. The topological polar surface area (TPSA) is 47.6 Å². The average molecular weight is 506 g/mol. The number of ether oxygens (including phenoxy) is 2. The Hall–Kier alpha value is -3.42. The molecule has 0 atom stereocenters. The first-order valence-corrected chi connectivity index (χ1v) is 10.6. The van der Waals surface area contributed by atoms with Gasteiger partial charge in [0.15, 0.2) is 5.75 Å². The second-order valence-electron chi connectivity index (χ2n) is 7.21. The van der Waals surface area contributed by atoms with E-state index in [1.807, 2.05) is 12.1 Å². The number of carbonyl (C=O) groups is 1. The fraction of sp³-hybridized carbons (Fsp3) is 0.0800. The van der Waals surface area contributed by atoms with E-state index >= 15 is 0 Å². The van der Waals surface area contributed by atoms with Gasteiger partial charge in [-0.05, 0) is 41.8 Å². The molecule has 1 amide bonds. The van der Waals surface area contributed by atoms with Crippen molar-refractivity contribution >= 4 is 45.6 Å². The molecule has 0 radical (unpaired) electrons. The molecule has 4 aromatic rings. The zero-order valence-corrected chi connectivity index (χ0v) is 19.1. The minimum Gasteiger partial charge on any atom is -0.495 e. The first kappa shape index (κ1) is 23.7. The smallest absolute Gasteiger partial charge is 0.416 e. The summed E-state index contributed by atoms with van der Waals surface area (Å²) in [4.78, 5) is 13.1. The Morgan fingerprint density at radius 3 is 2.38 bits per heavy atom. The lowest BCUT2D eigenvalue weighted by Crippen LogP contribution is -2.15. The van der Waals surface area contributed by atoms with Crippen LogP contribution in [-0.2, 0) is 6.18 Å². The summed E-state index contributed by atoms with van der Waals surface area (Å²) in [5.41, 5.74) is -0.977. The van der Waals surface area contributed by atoms with Crippen LogP contribution in [0.15, 0.2) is 72.8 Å². The lowest BCUT2D eigenvalue weighted by molar-refractivity contribution is -0.137. The van der Waals surface area contributed by atoms with E-state index in [1.165, 1.54) is 25.3 Å². The van der Waals surface area contributed by atoms with Gasteiger partial charge in [-0.3, -0.25) is 4.79 Å². The molecule has 0 aliphatic carbocycles. The maximum Gasteiger partial charge on any atom is 0.416 e. The van der Waals surface area contributed by atoms with Crippen molar-refractivity contribution in [2.24, 2.45) is 0 Å². The molecule has 0 heterocycles. The van der Waals surface area contributed by atoms with Crippen LogP contribution < -0.4 is 14.8 Å². The predicted molar refractivity (Wildman–Crippen MR) is 126 cm³/mol. The number of amides is 1. The quantitative estimate of drug-likeness (QED) is 0.297. The summed E-state index contributed by atoms with van der Waals surface area (Å²) >= 11 is 11.9. The van der Waals surface area contributed by atoms with Crippen molar-refractivity contribution in [3.63, 3.8) is 0 Å². The summed E-state index contributed by atoms with van der Waals surface area (Å²) < 4.78 is 51.3. The zero-order valence-electron chi connectivity index (χ0n) is 17.5. The van der Waals surface area contributed by atoms with Crippen molar-refractivity contribution < 1.29 is 27.4 Å². The third-order valence-corrected chi connectivity index (χ3v) is 5.74. The van der Waals surface area contributed by atoms with Crippen molar-refractivity contribution in [2.45, 2.75) is 6.18 Å². The molecule has 9 heteroatoms. The average Bonchev–Trinajstić information content (AvgIpc) is 2.81. The fourth-order valence-corrected chi connectivity index (χ4v) is 3.68. The molecule has 174 valence electrons. The predicted octanol–water partition coefficient (Wildman–Crippen LogP) is 8.22. The van der Waals surface area contributed by atoms with E-state index in [1.54, 1.807) is 24.3 Å². The number of hydrogen-bond acceptors (Lipinski definition) is 3. The van der Waals surface area contributed by atoms with Crippen LogP contribution in [0.2, 0.25) is 10.0 Å². The van der Waals surface area contributed by atoms with Crippen molar-refractivity contribution in [1.82, 2.24) is 0 Å². The van der Waals surface area contributed by atoms with Crippen LogP contribution in [0.1, 0.15) is 15.9 Å². The first-order valence-electron chi connectivity index (χ1n) is 9.88. The summed E-state index contributed by atoms with van der Waals surface area (Å²) in [5, 5.41) is 4.55. The van der Waals surface area contributed by atoms with Gasteiger partial charge >= 0.3 is 6.18 Å². The van der Waals surface area contributed by atoms with E-state index in [2.05, 4.69) is 5.32 Å². The van der Waals surface area contributed by atoms with Crippen molar-refractivity contribution in [2.75, 3.05) is 12.4 Å². The number of methoxy groups -OCH3 is 1. The summed E-state index contributed by atoms with van der Waals surface area (Å²) in [6.45, 7) is 0. The second-order valence-corrected chi connectivity index (χ2v) is 8.02. The molecule has 1 N–H and O–H groups in total. The summed E-state index contributed by atoms with van der Waals surface area (Å²) in [6, 6.07) is 17.7. The Labute approximate surface area is 202 Å². The van der Waals surface area contributed by atoms with Crippen LogP contribution >= 0.6 is 23.2 Å². The van der Waals surface area contributed by atoms with Crippen molar-refractivity contribution in [3.05, 3.63) is 94.0 Å². The van der Waals surface area contributed by atoms with E-state index in [9.17, 15) is 18.0 Å². The molecule has 34 heavy (non-hydrogen) atoms. The van der Waals surface area contributed by atoms with Gasteiger partial charge in [-0.2, -0.15) is 13.2 Å². The number of fused-ring (bicyclic) bond motifs is 1. The molecular weight excluding hydrogens is 490 g/mol. The van der Waals surface area contributed by atoms with Crippen LogP contribution in [-0.4, -0.2) is 13.0 Å². The van der Waals surface area contributed by atoms with Crippen LogP contribution in [0.5, 0.6) is 17.2 Å². The fourth-order valence-electron chi connectivity index (χ4n) is 3.39. The number of benzene rings is 4. The van der Waals surface area contributed by atoms with Crippen molar-refractivity contribution in [3.8, 4) is 17.2 Å². The standard InChI is InChI=1S/C25H16Cl2F3NO3/c1-33-23-17-5-3-2-4-14(17)6-9-18(23)24(32)31-21-12-15(25(28,29)30)7-11-22(21)34-16-8-10-19(26)20(27)13-16/h2-13H,1H3,(H,31,32). The van der Waals surface area contributed by atoms with Crippen LogP contribution in [0.4, 0.5) is 18.9 Å². The number of rotatable bonds is 5. The Kier molecular flexibility index (Phi) is 6.59. The molecule has 4 aromatic carbocycles. The maximum atomic E-state index is 13.4. The Bertz CT molecular complexity index is 1390. The maximum absolute atomic E-state index is 13.4. The minimum atomic E-state index is -4.62. The summed E-state index contributed by atoms with van der Waals surface area (Å²) in [5.74, 6) is -0.150. The number of hydrogen-bond donors (Lipinski definition) is 1. The highest BCUT2D eigenvalue weighted by Crippen LogP contribution is 2.39. The van der Waals surface area contributed by atoms with Gasteiger partial charge in [0, 0.05) is 11.5 Å². The molecule has 0 saturated carbocycles. The first-order chi connectivity index (χ1) is 16.2. The third kappa shape index (κ3) is 4.90. The zero-order chi connectivity index (χ0) is 24.5. The lowest BCUT2D eigenvalue weighted by Gasteiger charge is -2.17. The molecular formula is C25H16Cl2F3NO3. The molecule has 0 aromatic heterocycles. The Balaban J connectivity index is 1.74. The number of carbonyl (C=O) groups excluding carboxylic acids is 1. The van der Waals surface area contributed by atoms with Gasteiger partial charge in [0.2, 0.25) is 0 Å². The van der Waals surface area contributed by atoms with Crippen LogP contribution in [0.25, 0.3) is 10.8 Å². The Morgan fingerprint density at radius 2 is 1.68 bits per heavy atom. The summed E-state index contributed by atoms with van der Waals surface area (Å²) in [7, 11) is 1.42. The highest BCUT2D eigenvalue weighted by atomic mass is 35.5. The molecule has 0 unspecified atom stereocenters. The summed E-state index contributed by atoms with van der Waals surface area (Å²) in [6.07, 6.45) is -4.62. The largest absolute Gasteiger partial charge is 0.495 e. The van der Waals surface area contributed by atoms with Gasteiger partial charge in [0.1, 0.15) is 11.5 Å². The molecule has 0 bridgehead atoms. The van der Waals surface area contributed by atoms with E-state index in [0.29, 0.717) is 16.2 Å². The lowest BCUT2D eigenvalue weighted by atomic mass is 10.0. The number of nitrogens with one attached hydrogen (secondary N) is 1. The minimum absolute atomic E-state index is 0.0144. The molecule has 0 aliphatic rings. The number of alkyl halides is 3. The number of halogens is 5. The molecule has 4 rings (SSSR count). The van der Waals surface area contributed by atoms with E-state index in [4.69, 9.17) is 32.7 Å². The number of anilines is 1. The van der Waals surface area contributed by atoms with Crippen molar-refractivity contribution in [1.29, 1.82) is 0 Å². The normalized spacial score (nSPS) is 11.4. The van der Waals surface area contributed by atoms with Crippen LogP contribution in [0.3, 0.4) is 0 Å². The van der Waals surface area contributed by atoms with Gasteiger partial charge in [-0.1, -0.05) is 53.5 Å². The highest BCUT2D eigenvalue weighted by molar-refractivity contribution is 6.42. The van der Waals surface area contributed by atoms with E-state index in [-0.39, 0.29) is 27.8 Å². The van der Waals surface area contributed by atoms with E-state index in [0.717, 1.165) is 23.6 Å². The SMILES string of the molecule is COc1c(C(=O)Nc2cc(C(F)(F)F)ccc2Oc2ccc(Cl)c(Cl)c2)ccc2ccccc12. The van der Waals surface area contributed by atoms with Gasteiger partial charge in [0.25, 0.3) is 5.91 Å².